The first-order valence-corrected chi connectivity index (χ1v) is 9.58. The van der Waals surface area contributed by atoms with Gasteiger partial charge < -0.3 is 15.4 Å². The Morgan fingerprint density at radius 3 is 2.96 bits per heavy atom. The zero-order chi connectivity index (χ0) is 17.6. The summed E-state index contributed by atoms with van der Waals surface area (Å²) >= 11 is 1.36. The van der Waals surface area contributed by atoms with Crippen molar-refractivity contribution in [3.8, 4) is 5.88 Å². The van der Waals surface area contributed by atoms with Crippen LogP contribution in [0.15, 0.2) is 34.2 Å². The van der Waals surface area contributed by atoms with Gasteiger partial charge in [0.2, 0.25) is 5.88 Å². The molecule has 0 amide bonds. The number of aromatic hydroxyl groups is 1. The molecule has 0 bridgehead atoms. The highest BCUT2D eigenvalue weighted by Gasteiger charge is 2.31. The molecule has 1 atom stereocenters. The van der Waals surface area contributed by atoms with Gasteiger partial charge in [0.05, 0.1) is 6.04 Å². The molecule has 3 N–H and O–H groups in total. The van der Waals surface area contributed by atoms with Crippen LogP contribution in [0.5, 0.6) is 5.88 Å². The maximum absolute atomic E-state index is 13.0. The normalized spacial score (nSPS) is 17.0. The van der Waals surface area contributed by atoms with Crippen LogP contribution >= 0.6 is 11.8 Å². The molecule has 1 aromatic carbocycles. The molecule has 0 spiro atoms. The van der Waals surface area contributed by atoms with Gasteiger partial charge in [0, 0.05) is 29.7 Å². The first-order valence-electron chi connectivity index (χ1n) is 8.36. The molecule has 0 saturated carbocycles. The summed E-state index contributed by atoms with van der Waals surface area (Å²) in [6.45, 7) is 3.17. The van der Waals surface area contributed by atoms with E-state index in [9.17, 15) is 9.90 Å². The van der Waals surface area contributed by atoms with Crippen LogP contribution in [0.25, 0.3) is 10.9 Å². The van der Waals surface area contributed by atoms with Crippen LogP contribution < -0.4 is 10.9 Å². The number of H-pyrrole nitrogens is 1. The van der Waals surface area contributed by atoms with Crippen LogP contribution in [0.1, 0.15) is 29.8 Å². The van der Waals surface area contributed by atoms with Crippen LogP contribution in [0.3, 0.4) is 0 Å². The minimum absolute atomic E-state index is 0.191. The summed E-state index contributed by atoms with van der Waals surface area (Å²) in [5, 5.41) is 15.6. The van der Waals surface area contributed by atoms with Crippen molar-refractivity contribution in [1.82, 2.24) is 19.9 Å². The zero-order valence-electron chi connectivity index (χ0n) is 14.2. The molecule has 2 aromatic heterocycles. The first-order chi connectivity index (χ1) is 12.2. The van der Waals surface area contributed by atoms with Crippen molar-refractivity contribution in [2.45, 2.75) is 31.1 Å². The number of rotatable bonds is 3. The molecule has 0 saturated heterocycles. The highest BCUT2D eigenvalue weighted by Crippen LogP contribution is 2.35. The van der Waals surface area contributed by atoms with Gasteiger partial charge in [-0.1, -0.05) is 30.0 Å². The summed E-state index contributed by atoms with van der Waals surface area (Å²) in [5.41, 5.74) is 3.32. The van der Waals surface area contributed by atoms with Crippen LogP contribution in [0.4, 0.5) is 0 Å². The Morgan fingerprint density at radius 2 is 2.20 bits per heavy atom. The number of para-hydroxylation sites is 1. The molecule has 130 valence electrons. The zero-order valence-corrected chi connectivity index (χ0v) is 15.0. The summed E-state index contributed by atoms with van der Waals surface area (Å²) in [6, 6.07) is 7.74. The quantitative estimate of drug-likeness (QED) is 0.496. The number of aromatic nitrogens is 3. The van der Waals surface area contributed by atoms with Gasteiger partial charge >= 0.3 is 0 Å². The van der Waals surface area contributed by atoms with Crippen LogP contribution in [-0.2, 0) is 13.0 Å². The largest absolute Gasteiger partial charge is 0.493 e. The number of hydrogen-bond donors (Lipinski definition) is 3. The van der Waals surface area contributed by atoms with Gasteiger partial charge in [-0.25, -0.2) is 0 Å². The van der Waals surface area contributed by atoms with E-state index in [2.05, 4.69) is 21.4 Å². The minimum atomic E-state index is -0.384. The molecular weight excluding hydrogens is 336 g/mol. The summed E-state index contributed by atoms with van der Waals surface area (Å²) < 4.78 is 1.61. The predicted octanol–water partition coefficient (Wildman–Crippen LogP) is 2.41. The molecule has 4 rings (SSSR count). The van der Waals surface area contributed by atoms with Crippen molar-refractivity contribution in [1.29, 1.82) is 0 Å². The van der Waals surface area contributed by atoms with Crippen LogP contribution in [0.2, 0.25) is 0 Å². The van der Waals surface area contributed by atoms with Crippen molar-refractivity contribution in [3.63, 3.8) is 0 Å². The van der Waals surface area contributed by atoms with E-state index in [1.807, 2.05) is 31.4 Å². The Kier molecular flexibility index (Phi) is 4.05. The van der Waals surface area contributed by atoms with Gasteiger partial charge in [-0.05, 0) is 31.2 Å². The smallest absolute Gasteiger partial charge is 0.263 e. The van der Waals surface area contributed by atoms with E-state index in [0.717, 1.165) is 24.2 Å². The Hall–Kier alpha value is -2.25. The van der Waals surface area contributed by atoms with Crippen molar-refractivity contribution >= 4 is 22.7 Å². The highest BCUT2D eigenvalue weighted by molar-refractivity contribution is 7.98. The van der Waals surface area contributed by atoms with Crippen molar-refractivity contribution in [3.05, 3.63) is 51.4 Å². The lowest BCUT2D eigenvalue weighted by atomic mass is 9.95. The lowest BCUT2D eigenvalue weighted by Crippen LogP contribution is -2.37. The van der Waals surface area contributed by atoms with Crippen molar-refractivity contribution in [2.75, 3.05) is 12.8 Å². The molecule has 0 fully saturated rings. The monoisotopic (exact) mass is 356 g/mol. The fraction of sp³-hybridized carbons (Fsp3) is 0.333. The van der Waals surface area contributed by atoms with E-state index in [1.165, 1.54) is 22.7 Å². The third-order valence-electron chi connectivity index (χ3n) is 4.80. The van der Waals surface area contributed by atoms with Crippen LogP contribution in [0, 0.1) is 0 Å². The Balaban J connectivity index is 1.95. The van der Waals surface area contributed by atoms with Gasteiger partial charge in [-0.3, -0.25) is 9.36 Å². The van der Waals surface area contributed by atoms with Gasteiger partial charge in [-0.2, -0.15) is 4.98 Å². The summed E-state index contributed by atoms with van der Waals surface area (Å²) in [6.07, 6.45) is 2.73. The number of hydrogen-bond acceptors (Lipinski definition) is 5. The molecule has 3 heterocycles. The van der Waals surface area contributed by atoms with Crippen molar-refractivity contribution in [2.24, 2.45) is 0 Å². The molecule has 25 heavy (non-hydrogen) atoms. The molecule has 6 nitrogen and oxygen atoms in total. The van der Waals surface area contributed by atoms with Gasteiger partial charge in [0.25, 0.3) is 5.56 Å². The molecule has 0 radical (unpaired) electrons. The Bertz CT molecular complexity index is 1010. The minimum Gasteiger partial charge on any atom is -0.493 e. The van der Waals surface area contributed by atoms with E-state index in [-0.39, 0.29) is 17.5 Å². The lowest BCUT2D eigenvalue weighted by Gasteiger charge is -2.25. The van der Waals surface area contributed by atoms with E-state index in [0.29, 0.717) is 17.3 Å². The molecule has 1 unspecified atom stereocenters. The standard InChI is InChI=1S/C18H20N4O2S/c1-3-22-17(24)13(16(23)21-18(22)25-2)15-14-11(8-9-19-15)10-6-4-5-7-12(10)20-14/h4-7,15,19-20,23H,3,8-9H2,1-2H3. The van der Waals surface area contributed by atoms with Crippen LogP contribution in [-0.4, -0.2) is 32.4 Å². The second-order valence-electron chi connectivity index (χ2n) is 6.09. The Morgan fingerprint density at radius 1 is 1.40 bits per heavy atom. The summed E-state index contributed by atoms with van der Waals surface area (Å²) in [4.78, 5) is 20.7. The number of fused-ring (bicyclic) bond motifs is 3. The SMILES string of the molecule is CCn1c(SC)nc(O)c(C2NCCc3c2[nH]c2ccccc32)c1=O. The number of nitrogens with zero attached hydrogens (tertiary/aromatic N) is 2. The maximum atomic E-state index is 13.0. The highest BCUT2D eigenvalue weighted by atomic mass is 32.2. The van der Waals surface area contributed by atoms with E-state index < -0.39 is 0 Å². The maximum Gasteiger partial charge on any atom is 0.263 e. The number of aromatic amines is 1. The summed E-state index contributed by atoms with van der Waals surface area (Å²) in [7, 11) is 0. The molecule has 3 aromatic rings. The molecule has 0 aliphatic carbocycles. The topological polar surface area (TPSA) is 82.9 Å². The predicted molar refractivity (Wildman–Crippen MR) is 99.5 cm³/mol. The average Bonchev–Trinajstić information content (AvgIpc) is 3.01. The second-order valence-corrected chi connectivity index (χ2v) is 6.86. The molecule has 1 aliphatic rings. The molecule has 7 heteroatoms. The number of benzene rings is 1. The lowest BCUT2D eigenvalue weighted by molar-refractivity contribution is 0.409. The third-order valence-corrected chi connectivity index (χ3v) is 5.47. The number of thioether (sulfide) groups is 1. The third kappa shape index (κ3) is 2.46. The fourth-order valence-corrected chi connectivity index (χ4v) is 4.26. The number of nitrogens with one attached hydrogen (secondary N) is 2. The van der Waals surface area contributed by atoms with E-state index in [1.54, 1.807) is 4.57 Å². The molecular formula is C18H20N4O2S. The summed E-state index contributed by atoms with van der Waals surface area (Å²) in [5.74, 6) is -0.192. The van der Waals surface area contributed by atoms with Crippen molar-refractivity contribution < 1.29 is 5.11 Å². The Labute approximate surface area is 149 Å². The average molecular weight is 356 g/mol. The van der Waals surface area contributed by atoms with E-state index >= 15 is 0 Å². The van der Waals surface area contributed by atoms with Gasteiger partial charge in [0.15, 0.2) is 5.16 Å². The second kappa shape index (κ2) is 6.24. The molecule has 1 aliphatic heterocycles. The van der Waals surface area contributed by atoms with Gasteiger partial charge in [-0.15, -0.1) is 0 Å². The van der Waals surface area contributed by atoms with E-state index in [4.69, 9.17) is 0 Å². The fourth-order valence-electron chi connectivity index (χ4n) is 3.65. The first kappa shape index (κ1) is 16.2. The van der Waals surface area contributed by atoms with Gasteiger partial charge in [0.1, 0.15) is 5.56 Å².